The first-order valence-corrected chi connectivity index (χ1v) is 15.6. The molecule has 1 saturated heterocycles. The highest BCUT2D eigenvalue weighted by atomic mass is 32.2. The Labute approximate surface area is 263 Å². The summed E-state index contributed by atoms with van der Waals surface area (Å²) in [6.45, 7) is 0.168. The Kier molecular flexibility index (Phi) is 9.49. The van der Waals surface area contributed by atoms with E-state index in [1.165, 1.54) is 37.4 Å². The number of benzene rings is 1. The Hall–Kier alpha value is -4.04. The number of phenols is 1. The third-order valence-corrected chi connectivity index (χ3v) is 9.64. The first kappa shape index (κ1) is 31.4. The molecule has 2 saturated carbocycles. The third-order valence-electron chi connectivity index (χ3n) is 8.31. The maximum atomic E-state index is 13.6. The number of carbonyl (C=O) groups is 4. The molecule has 2 bridgehead atoms. The second kappa shape index (κ2) is 13.3. The van der Waals surface area contributed by atoms with Crippen molar-refractivity contribution in [3.63, 3.8) is 0 Å². The van der Waals surface area contributed by atoms with Crippen molar-refractivity contribution in [1.29, 1.82) is 0 Å². The van der Waals surface area contributed by atoms with E-state index in [4.69, 9.17) is 32.2 Å². The van der Waals surface area contributed by atoms with Gasteiger partial charge in [0, 0.05) is 30.3 Å². The molecule has 0 spiro atoms. The van der Waals surface area contributed by atoms with E-state index in [1.54, 1.807) is 23.1 Å². The smallest absolute Gasteiger partial charge is 0.405 e. The molecule has 5 rings (SSSR count). The van der Waals surface area contributed by atoms with Gasteiger partial charge in [0.2, 0.25) is 11.8 Å². The van der Waals surface area contributed by atoms with Gasteiger partial charge in [-0.25, -0.2) is 4.79 Å². The first-order valence-electron chi connectivity index (χ1n) is 14.4. The first-order chi connectivity index (χ1) is 21.0. The van der Waals surface area contributed by atoms with E-state index >= 15 is 0 Å². The van der Waals surface area contributed by atoms with Crippen LogP contribution in [0.3, 0.4) is 0 Å². The molecule has 0 radical (unpaired) electrons. The fourth-order valence-electron chi connectivity index (χ4n) is 6.33. The van der Waals surface area contributed by atoms with Gasteiger partial charge in [-0.15, -0.1) is 0 Å². The summed E-state index contributed by atoms with van der Waals surface area (Å²) < 4.78 is 12.1. The standard InChI is InChI=1S/C30H34N4O8S2/c1-41-20-10-18(9-19(35)12-20)23-11-17(3-2-6-32-27(37)21(13-26(31)36)33-29(39)40)24(42-23)14-25-28(38)34(30(43)44-25)22-8-15-4-5-16(22)7-15/h9-12,14-16,21-22,33,35H,2-8,13H2,1H3,(H2,31,36)(H,32,37)(H,39,40)/b25-14-/t15?,16?,21-,22?/m0/s1. The van der Waals surface area contributed by atoms with Crippen molar-refractivity contribution >= 4 is 58.2 Å². The lowest BCUT2D eigenvalue weighted by Crippen LogP contribution is -2.48. The van der Waals surface area contributed by atoms with Gasteiger partial charge in [-0.3, -0.25) is 19.3 Å². The Morgan fingerprint density at radius 1 is 1.25 bits per heavy atom. The van der Waals surface area contributed by atoms with Crippen molar-refractivity contribution in [1.82, 2.24) is 15.5 Å². The number of ether oxygens (including phenoxy) is 1. The van der Waals surface area contributed by atoms with E-state index in [-0.39, 0.29) is 24.2 Å². The number of aromatic hydroxyl groups is 1. The van der Waals surface area contributed by atoms with Crippen LogP contribution in [0.25, 0.3) is 17.4 Å². The van der Waals surface area contributed by atoms with Crippen molar-refractivity contribution in [2.75, 3.05) is 13.7 Å². The van der Waals surface area contributed by atoms with Crippen molar-refractivity contribution < 1.29 is 38.5 Å². The number of nitrogens with two attached hydrogens (primary N) is 1. The van der Waals surface area contributed by atoms with Gasteiger partial charge in [0.1, 0.15) is 33.4 Å². The van der Waals surface area contributed by atoms with Crippen LogP contribution in [0.1, 0.15) is 49.8 Å². The molecule has 3 fully saturated rings. The molecule has 2 aliphatic carbocycles. The number of carbonyl (C=O) groups excluding carboxylic acids is 3. The minimum absolute atomic E-state index is 0.00576. The molecular formula is C30H34N4O8S2. The number of rotatable bonds is 12. The van der Waals surface area contributed by atoms with E-state index in [1.807, 2.05) is 5.32 Å². The van der Waals surface area contributed by atoms with Crippen molar-refractivity contribution in [2.45, 2.75) is 57.0 Å². The molecule has 3 aliphatic rings. The monoisotopic (exact) mass is 642 g/mol. The molecule has 4 atom stereocenters. The van der Waals surface area contributed by atoms with Crippen LogP contribution in [-0.4, -0.2) is 69.0 Å². The van der Waals surface area contributed by atoms with Crippen LogP contribution in [0.4, 0.5) is 4.79 Å². The number of nitrogens with zero attached hydrogens (tertiary/aromatic N) is 1. The van der Waals surface area contributed by atoms with Gasteiger partial charge in [-0.1, -0.05) is 30.4 Å². The van der Waals surface area contributed by atoms with Crippen molar-refractivity contribution in [2.24, 2.45) is 17.6 Å². The van der Waals surface area contributed by atoms with Crippen LogP contribution in [0, 0.1) is 11.8 Å². The number of primary amides is 1. The lowest BCUT2D eigenvalue weighted by molar-refractivity contribution is -0.127. The SMILES string of the molecule is COc1cc(O)cc(-c2cc(CCCNC(=O)[C@H](CC(N)=O)NC(=O)O)c(/C=C3\SC(=S)N(C4CC5CCC4C5)C3=O)o2)c1. The average Bonchev–Trinajstić information content (AvgIpc) is 3.74. The maximum Gasteiger partial charge on any atom is 0.405 e. The summed E-state index contributed by atoms with van der Waals surface area (Å²) in [6, 6.07) is 5.37. The summed E-state index contributed by atoms with van der Waals surface area (Å²) in [4.78, 5) is 50.6. The Morgan fingerprint density at radius 2 is 2.05 bits per heavy atom. The van der Waals surface area contributed by atoms with Gasteiger partial charge in [-0.2, -0.15) is 0 Å². The number of nitrogens with one attached hydrogen (secondary N) is 2. The minimum atomic E-state index is -1.45. The van der Waals surface area contributed by atoms with Crippen LogP contribution in [0.5, 0.6) is 11.5 Å². The lowest BCUT2D eigenvalue weighted by atomic mass is 9.94. The predicted molar refractivity (Wildman–Crippen MR) is 167 cm³/mol. The number of phenolic OH excluding ortho intramolecular Hbond substituents is 1. The van der Waals surface area contributed by atoms with Gasteiger partial charge in [0.15, 0.2) is 0 Å². The molecule has 14 heteroatoms. The zero-order chi connectivity index (χ0) is 31.5. The topological polar surface area (TPSA) is 184 Å². The number of hydrogen-bond acceptors (Lipinski definition) is 9. The highest BCUT2D eigenvalue weighted by molar-refractivity contribution is 8.26. The molecular weight excluding hydrogens is 608 g/mol. The molecule has 1 aromatic carbocycles. The van der Waals surface area contributed by atoms with Crippen molar-refractivity contribution in [3.8, 4) is 22.8 Å². The van der Waals surface area contributed by atoms with E-state index in [9.17, 15) is 24.3 Å². The van der Waals surface area contributed by atoms with Crippen LogP contribution in [0.2, 0.25) is 0 Å². The average molecular weight is 643 g/mol. The number of fused-ring (bicyclic) bond motifs is 2. The van der Waals surface area contributed by atoms with Gasteiger partial charge in [-0.05, 0) is 67.7 Å². The van der Waals surface area contributed by atoms with Crippen LogP contribution >= 0.6 is 24.0 Å². The zero-order valence-corrected chi connectivity index (χ0v) is 25.7. The third kappa shape index (κ3) is 7.02. The lowest BCUT2D eigenvalue weighted by Gasteiger charge is -2.30. The minimum Gasteiger partial charge on any atom is -0.508 e. The number of amides is 4. The molecule has 3 unspecified atom stereocenters. The summed E-state index contributed by atoms with van der Waals surface area (Å²) in [5.74, 6) is 0.851. The Bertz CT molecular complexity index is 1510. The van der Waals surface area contributed by atoms with Crippen LogP contribution in [-0.2, 0) is 20.8 Å². The second-order valence-corrected chi connectivity index (χ2v) is 13.0. The van der Waals surface area contributed by atoms with Gasteiger partial charge in [0.05, 0.1) is 18.4 Å². The number of aryl methyl sites for hydroxylation is 1. The largest absolute Gasteiger partial charge is 0.508 e. The fourth-order valence-corrected chi connectivity index (χ4v) is 7.68. The molecule has 1 aromatic heterocycles. The number of thiocarbonyl (C=S) groups is 1. The fraction of sp³-hybridized carbons (Fsp3) is 0.433. The molecule has 234 valence electrons. The maximum absolute atomic E-state index is 13.6. The molecule has 12 nitrogen and oxygen atoms in total. The molecule has 44 heavy (non-hydrogen) atoms. The Morgan fingerprint density at radius 3 is 2.70 bits per heavy atom. The number of furan rings is 1. The second-order valence-electron chi connectivity index (χ2n) is 11.3. The Balaban J connectivity index is 1.35. The van der Waals surface area contributed by atoms with E-state index in [0.29, 0.717) is 56.7 Å². The quantitative estimate of drug-likeness (QED) is 0.130. The van der Waals surface area contributed by atoms with Gasteiger partial charge in [0.25, 0.3) is 5.91 Å². The summed E-state index contributed by atoms with van der Waals surface area (Å²) in [5.41, 5.74) is 6.47. The van der Waals surface area contributed by atoms with E-state index < -0.39 is 30.4 Å². The number of methoxy groups -OCH3 is 1. The van der Waals surface area contributed by atoms with E-state index in [2.05, 4.69) is 5.32 Å². The molecule has 6 N–H and O–H groups in total. The summed E-state index contributed by atoms with van der Waals surface area (Å²) in [7, 11) is 1.49. The molecule has 1 aliphatic heterocycles. The molecule has 4 amide bonds. The summed E-state index contributed by atoms with van der Waals surface area (Å²) >= 11 is 6.90. The summed E-state index contributed by atoms with van der Waals surface area (Å²) in [6.07, 6.45) is 5.09. The van der Waals surface area contributed by atoms with E-state index in [0.717, 1.165) is 24.8 Å². The molecule has 2 heterocycles. The summed E-state index contributed by atoms with van der Waals surface area (Å²) in [5, 5.41) is 23.8. The molecule has 2 aromatic rings. The zero-order valence-electron chi connectivity index (χ0n) is 24.0. The van der Waals surface area contributed by atoms with Gasteiger partial charge < -0.3 is 35.7 Å². The normalized spacial score (nSPS) is 22.4. The predicted octanol–water partition coefficient (Wildman–Crippen LogP) is 3.61. The van der Waals surface area contributed by atoms with Crippen molar-refractivity contribution in [3.05, 3.63) is 40.5 Å². The number of carboxylic acid groups (broad SMARTS) is 1. The van der Waals surface area contributed by atoms with Crippen LogP contribution < -0.4 is 21.1 Å². The highest BCUT2D eigenvalue weighted by Gasteiger charge is 2.48. The van der Waals surface area contributed by atoms with Crippen LogP contribution in [0.15, 0.2) is 33.6 Å². The highest BCUT2D eigenvalue weighted by Crippen LogP contribution is 2.49. The van der Waals surface area contributed by atoms with Gasteiger partial charge >= 0.3 is 6.09 Å². The number of hydrogen-bond donors (Lipinski definition) is 5. The number of thioether (sulfide) groups is 1.